The van der Waals surface area contributed by atoms with Gasteiger partial charge < -0.3 is 9.57 Å². The lowest BCUT2D eigenvalue weighted by Gasteiger charge is -2.02. The van der Waals surface area contributed by atoms with Crippen molar-refractivity contribution in [1.82, 2.24) is 0 Å². The van der Waals surface area contributed by atoms with E-state index in [1.807, 2.05) is 0 Å². The molecule has 0 N–H and O–H groups in total. The van der Waals surface area contributed by atoms with Gasteiger partial charge in [0.2, 0.25) is 0 Å². The van der Waals surface area contributed by atoms with E-state index in [2.05, 4.69) is 14.7 Å². The van der Waals surface area contributed by atoms with Gasteiger partial charge in [-0.1, -0.05) is 5.16 Å². The predicted molar refractivity (Wildman–Crippen MR) is 39.3 cm³/mol. The van der Waals surface area contributed by atoms with E-state index in [1.54, 1.807) is 6.92 Å². The van der Waals surface area contributed by atoms with E-state index in [9.17, 15) is 9.59 Å². The smallest absolute Gasteiger partial charge is 0.344 e. The van der Waals surface area contributed by atoms with Crippen LogP contribution in [0.5, 0.6) is 0 Å². The van der Waals surface area contributed by atoms with Gasteiger partial charge in [0.25, 0.3) is 0 Å². The molecule has 12 heavy (non-hydrogen) atoms. The molecule has 5 heteroatoms. The third-order valence-electron chi connectivity index (χ3n) is 1.67. The van der Waals surface area contributed by atoms with Crippen molar-refractivity contribution in [2.45, 2.75) is 13.3 Å². The maximum atomic E-state index is 10.9. The summed E-state index contributed by atoms with van der Waals surface area (Å²) < 4.78 is 4.41. The van der Waals surface area contributed by atoms with E-state index in [0.29, 0.717) is 5.71 Å². The lowest BCUT2D eigenvalue weighted by molar-refractivity contribution is -0.149. The first-order valence-corrected chi connectivity index (χ1v) is 3.47. The van der Waals surface area contributed by atoms with Crippen molar-refractivity contribution in [1.29, 1.82) is 0 Å². The van der Waals surface area contributed by atoms with E-state index in [0.717, 1.165) is 0 Å². The lowest BCUT2D eigenvalue weighted by atomic mass is 10.0. The molecule has 1 heterocycles. The van der Waals surface area contributed by atoms with Gasteiger partial charge in [0.15, 0.2) is 0 Å². The van der Waals surface area contributed by atoms with E-state index in [4.69, 9.17) is 0 Å². The van der Waals surface area contributed by atoms with Crippen LogP contribution >= 0.6 is 0 Å². The van der Waals surface area contributed by atoms with Crippen molar-refractivity contribution in [3.05, 3.63) is 0 Å². The van der Waals surface area contributed by atoms with Crippen molar-refractivity contribution < 1.29 is 19.2 Å². The molecule has 0 amide bonds. The van der Waals surface area contributed by atoms with Crippen LogP contribution in [-0.2, 0) is 19.2 Å². The number of hydrogen-bond acceptors (Lipinski definition) is 5. The van der Waals surface area contributed by atoms with Gasteiger partial charge in [-0.25, -0.2) is 4.79 Å². The minimum absolute atomic E-state index is 0.00463. The molecule has 1 rings (SSSR count). The highest BCUT2D eigenvalue weighted by atomic mass is 16.7. The van der Waals surface area contributed by atoms with Crippen LogP contribution < -0.4 is 0 Å². The van der Waals surface area contributed by atoms with Crippen LogP contribution in [0, 0.1) is 5.92 Å². The average Bonchev–Trinajstić information content (AvgIpc) is 2.35. The zero-order valence-corrected chi connectivity index (χ0v) is 6.86. The number of hydrogen-bond donors (Lipinski definition) is 0. The number of rotatable bonds is 2. The Kier molecular flexibility index (Phi) is 2.42. The molecule has 0 aromatic carbocycles. The Hall–Kier alpha value is -1.39. The van der Waals surface area contributed by atoms with Crippen molar-refractivity contribution in [3.8, 4) is 0 Å². The van der Waals surface area contributed by atoms with Crippen LogP contribution in [0.25, 0.3) is 0 Å². The number of ether oxygens (including phenoxy) is 1. The fourth-order valence-corrected chi connectivity index (χ4v) is 0.896. The van der Waals surface area contributed by atoms with Gasteiger partial charge >= 0.3 is 11.9 Å². The summed E-state index contributed by atoms with van der Waals surface area (Å²) in [6.07, 6.45) is 0.00463. The Bertz CT molecular complexity index is 246. The van der Waals surface area contributed by atoms with Gasteiger partial charge in [0.1, 0.15) is 5.92 Å². The molecule has 0 saturated carbocycles. The van der Waals surface area contributed by atoms with Crippen molar-refractivity contribution in [2.24, 2.45) is 11.1 Å². The SMILES string of the molecule is COC(=O)CC1C(=O)ON=C1C. The van der Waals surface area contributed by atoms with Crippen LogP contribution in [0.15, 0.2) is 5.16 Å². The van der Waals surface area contributed by atoms with Gasteiger partial charge in [0, 0.05) is 0 Å². The van der Waals surface area contributed by atoms with Crippen molar-refractivity contribution in [2.75, 3.05) is 7.11 Å². The van der Waals surface area contributed by atoms with E-state index >= 15 is 0 Å². The largest absolute Gasteiger partial charge is 0.469 e. The van der Waals surface area contributed by atoms with Crippen LogP contribution in [0.3, 0.4) is 0 Å². The molecule has 5 nitrogen and oxygen atoms in total. The van der Waals surface area contributed by atoms with Crippen LogP contribution in [0.2, 0.25) is 0 Å². The molecule has 0 bridgehead atoms. The second kappa shape index (κ2) is 3.34. The highest BCUT2D eigenvalue weighted by Crippen LogP contribution is 2.15. The average molecular weight is 171 g/mol. The van der Waals surface area contributed by atoms with Gasteiger partial charge in [-0.3, -0.25) is 4.79 Å². The molecule has 0 aromatic heterocycles. The molecule has 0 spiro atoms. The summed E-state index contributed by atoms with van der Waals surface area (Å²) in [4.78, 5) is 26.0. The van der Waals surface area contributed by atoms with Gasteiger partial charge in [-0.15, -0.1) is 0 Å². The molecule has 0 fully saturated rings. The number of carbonyl (C=O) groups excluding carboxylic acids is 2. The molecule has 0 aromatic rings. The summed E-state index contributed by atoms with van der Waals surface area (Å²) in [5.41, 5.74) is 0.519. The molecule has 0 aliphatic carbocycles. The van der Waals surface area contributed by atoms with Crippen molar-refractivity contribution in [3.63, 3.8) is 0 Å². The minimum atomic E-state index is -0.558. The lowest BCUT2D eigenvalue weighted by Crippen LogP contribution is -2.20. The van der Waals surface area contributed by atoms with Crippen LogP contribution in [-0.4, -0.2) is 24.8 Å². The summed E-state index contributed by atoms with van der Waals surface area (Å²) in [6.45, 7) is 1.64. The standard InChI is InChI=1S/C7H9NO4/c1-4-5(3-6(9)11-2)7(10)12-8-4/h5H,3H2,1-2H3. The number of methoxy groups -OCH3 is 1. The fourth-order valence-electron chi connectivity index (χ4n) is 0.896. The first kappa shape index (κ1) is 8.70. The molecule has 1 atom stereocenters. The second-order valence-corrected chi connectivity index (χ2v) is 2.48. The highest BCUT2D eigenvalue weighted by molar-refractivity contribution is 6.05. The monoisotopic (exact) mass is 171 g/mol. The maximum absolute atomic E-state index is 10.9. The fraction of sp³-hybridized carbons (Fsp3) is 0.571. The molecular formula is C7H9NO4. The van der Waals surface area contributed by atoms with Crippen molar-refractivity contribution >= 4 is 17.7 Å². The number of nitrogens with zero attached hydrogens (tertiary/aromatic N) is 1. The van der Waals surface area contributed by atoms with Gasteiger partial charge in [0.05, 0.1) is 19.2 Å². The van der Waals surface area contributed by atoms with Gasteiger partial charge in [-0.05, 0) is 6.92 Å². The van der Waals surface area contributed by atoms with E-state index in [-0.39, 0.29) is 6.42 Å². The Labute approximate surface area is 69.3 Å². The third kappa shape index (κ3) is 1.61. The Morgan fingerprint density at radius 1 is 1.75 bits per heavy atom. The summed E-state index contributed by atoms with van der Waals surface area (Å²) >= 11 is 0. The normalized spacial score (nSPS) is 21.7. The zero-order chi connectivity index (χ0) is 9.14. The van der Waals surface area contributed by atoms with E-state index < -0.39 is 17.9 Å². The molecular weight excluding hydrogens is 162 g/mol. The Balaban J connectivity index is 2.57. The maximum Gasteiger partial charge on any atom is 0.344 e. The molecule has 0 radical (unpaired) electrons. The quantitative estimate of drug-likeness (QED) is 0.436. The van der Waals surface area contributed by atoms with Crippen LogP contribution in [0.1, 0.15) is 13.3 Å². The topological polar surface area (TPSA) is 65.0 Å². The number of esters is 1. The molecule has 1 aliphatic rings. The summed E-state index contributed by atoms with van der Waals surface area (Å²) in [7, 11) is 1.27. The number of oxime groups is 1. The second-order valence-electron chi connectivity index (χ2n) is 2.48. The zero-order valence-electron chi connectivity index (χ0n) is 6.86. The summed E-state index contributed by atoms with van der Waals surface area (Å²) in [6, 6.07) is 0. The molecule has 1 unspecified atom stereocenters. The van der Waals surface area contributed by atoms with E-state index in [1.165, 1.54) is 7.11 Å². The molecule has 66 valence electrons. The Morgan fingerprint density at radius 2 is 2.42 bits per heavy atom. The first-order chi connectivity index (χ1) is 5.65. The predicted octanol–water partition coefficient (Wildman–Crippen LogP) is 0.0984. The van der Waals surface area contributed by atoms with Crippen LogP contribution in [0.4, 0.5) is 0 Å². The molecule has 1 aliphatic heterocycles. The van der Waals surface area contributed by atoms with Gasteiger partial charge in [-0.2, -0.15) is 0 Å². The minimum Gasteiger partial charge on any atom is -0.469 e. The first-order valence-electron chi connectivity index (χ1n) is 3.47. The molecule has 0 saturated heterocycles. The highest BCUT2D eigenvalue weighted by Gasteiger charge is 2.32. The third-order valence-corrected chi connectivity index (χ3v) is 1.67. The summed E-state index contributed by atoms with van der Waals surface area (Å²) in [5.74, 6) is -1.48. The number of carbonyl (C=O) groups is 2. The summed E-state index contributed by atoms with van der Waals surface area (Å²) in [5, 5.41) is 3.45. The Morgan fingerprint density at radius 3 is 2.83 bits per heavy atom.